The second-order valence-corrected chi connectivity index (χ2v) is 6.56. The van der Waals surface area contributed by atoms with E-state index in [1.54, 1.807) is 0 Å². The predicted octanol–water partition coefficient (Wildman–Crippen LogP) is 3.31. The molecule has 0 radical (unpaired) electrons. The van der Waals surface area contributed by atoms with Gasteiger partial charge in [-0.2, -0.15) is 0 Å². The number of nitrogens with one attached hydrogen (secondary N) is 1. The molecule has 0 aromatic heterocycles. The number of carbonyl (C=O) groups excluding carboxylic acids is 1. The van der Waals surface area contributed by atoms with Crippen molar-refractivity contribution in [1.82, 2.24) is 5.32 Å². The van der Waals surface area contributed by atoms with E-state index in [1.165, 1.54) is 0 Å². The molecule has 1 aromatic carbocycles. The number of hydrogen-bond acceptors (Lipinski definition) is 2. The summed E-state index contributed by atoms with van der Waals surface area (Å²) in [5.41, 5.74) is 1.03. The summed E-state index contributed by atoms with van der Waals surface area (Å²) in [6, 6.07) is 8.09. The maximum atomic E-state index is 12.1. The normalized spacial score (nSPS) is 22.8. The standard InChI is InChI=1S/C16H22BrNO2/c1-11(2)15-10-13(7-8-20-15)18-16(19)9-12-5-3-4-6-14(12)17/h3-6,11,13,15H,7-10H2,1-2H3,(H,18,19)/t13-,15+/m1/s1. The zero-order chi connectivity index (χ0) is 14.5. The van der Waals surface area contributed by atoms with Gasteiger partial charge in [0.1, 0.15) is 0 Å². The fourth-order valence-corrected chi connectivity index (χ4v) is 2.94. The molecule has 2 atom stereocenters. The Morgan fingerprint density at radius 3 is 2.90 bits per heavy atom. The molecule has 0 unspecified atom stereocenters. The molecule has 0 aliphatic carbocycles. The van der Waals surface area contributed by atoms with Gasteiger partial charge in [0.15, 0.2) is 0 Å². The van der Waals surface area contributed by atoms with Gasteiger partial charge in [0.05, 0.1) is 12.5 Å². The molecule has 1 fully saturated rings. The summed E-state index contributed by atoms with van der Waals surface area (Å²) in [7, 11) is 0. The molecule has 1 aromatic rings. The Bertz CT molecular complexity index is 462. The Morgan fingerprint density at radius 1 is 1.45 bits per heavy atom. The fraction of sp³-hybridized carbons (Fsp3) is 0.562. The Morgan fingerprint density at radius 2 is 2.20 bits per heavy atom. The Kier molecular flexibility index (Phi) is 5.61. The summed E-state index contributed by atoms with van der Waals surface area (Å²) >= 11 is 3.48. The van der Waals surface area contributed by atoms with Crippen LogP contribution >= 0.6 is 15.9 Å². The molecule has 0 spiro atoms. The molecule has 4 heteroatoms. The molecule has 1 aliphatic rings. The van der Waals surface area contributed by atoms with E-state index in [2.05, 4.69) is 35.1 Å². The molecule has 1 heterocycles. The fourth-order valence-electron chi connectivity index (χ4n) is 2.52. The van der Waals surface area contributed by atoms with E-state index in [9.17, 15) is 4.79 Å². The van der Waals surface area contributed by atoms with E-state index >= 15 is 0 Å². The lowest BCUT2D eigenvalue weighted by Gasteiger charge is -2.32. The second kappa shape index (κ2) is 7.23. The lowest BCUT2D eigenvalue weighted by molar-refractivity contribution is -0.122. The van der Waals surface area contributed by atoms with Crippen LogP contribution in [0.3, 0.4) is 0 Å². The zero-order valence-corrected chi connectivity index (χ0v) is 13.7. The van der Waals surface area contributed by atoms with Crippen LogP contribution in [0.5, 0.6) is 0 Å². The van der Waals surface area contributed by atoms with Crippen molar-refractivity contribution in [2.75, 3.05) is 6.61 Å². The lowest BCUT2D eigenvalue weighted by Crippen LogP contribution is -2.43. The first-order valence-corrected chi connectivity index (χ1v) is 8.00. The van der Waals surface area contributed by atoms with Crippen LogP contribution < -0.4 is 5.32 Å². The summed E-state index contributed by atoms with van der Waals surface area (Å²) in [5.74, 6) is 0.587. The van der Waals surface area contributed by atoms with Gasteiger partial charge in [-0.1, -0.05) is 48.0 Å². The topological polar surface area (TPSA) is 38.3 Å². The highest BCUT2D eigenvalue weighted by atomic mass is 79.9. The first kappa shape index (κ1) is 15.5. The molecular formula is C16H22BrNO2. The van der Waals surface area contributed by atoms with Gasteiger partial charge in [0, 0.05) is 17.1 Å². The van der Waals surface area contributed by atoms with Gasteiger partial charge in [0.2, 0.25) is 5.91 Å². The lowest BCUT2D eigenvalue weighted by atomic mass is 9.95. The average molecular weight is 340 g/mol. The molecule has 1 aliphatic heterocycles. The molecule has 0 bridgehead atoms. The number of hydrogen-bond donors (Lipinski definition) is 1. The maximum absolute atomic E-state index is 12.1. The highest BCUT2D eigenvalue weighted by Gasteiger charge is 2.25. The van der Waals surface area contributed by atoms with Crippen molar-refractivity contribution >= 4 is 21.8 Å². The van der Waals surface area contributed by atoms with E-state index < -0.39 is 0 Å². The van der Waals surface area contributed by atoms with E-state index in [-0.39, 0.29) is 18.1 Å². The molecule has 1 N–H and O–H groups in total. The minimum atomic E-state index is 0.0892. The number of rotatable bonds is 4. The van der Waals surface area contributed by atoms with Gasteiger partial charge in [-0.15, -0.1) is 0 Å². The van der Waals surface area contributed by atoms with Crippen LogP contribution in [0.25, 0.3) is 0 Å². The number of amides is 1. The van der Waals surface area contributed by atoms with E-state index in [4.69, 9.17) is 4.74 Å². The average Bonchev–Trinajstić information content (AvgIpc) is 2.41. The van der Waals surface area contributed by atoms with Gasteiger partial charge in [-0.3, -0.25) is 4.79 Å². The Hall–Kier alpha value is -0.870. The predicted molar refractivity (Wildman–Crippen MR) is 83.6 cm³/mol. The van der Waals surface area contributed by atoms with Crippen LogP contribution in [0, 0.1) is 5.92 Å². The van der Waals surface area contributed by atoms with Crippen molar-refractivity contribution < 1.29 is 9.53 Å². The molecular weight excluding hydrogens is 318 g/mol. The molecule has 110 valence electrons. The number of ether oxygens (including phenoxy) is 1. The highest BCUT2D eigenvalue weighted by Crippen LogP contribution is 2.21. The van der Waals surface area contributed by atoms with E-state index in [0.29, 0.717) is 12.3 Å². The minimum Gasteiger partial charge on any atom is -0.378 e. The minimum absolute atomic E-state index is 0.0892. The van der Waals surface area contributed by atoms with Crippen molar-refractivity contribution in [3.05, 3.63) is 34.3 Å². The molecule has 3 nitrogen and oxygen atoms in total. The number of carbonyl (C=O) groups is 1. The van der Waals surface area contributed by atoms with Gasteiger partial charge < -0.3 is 10.1 Å². The van der Waals surface area contributed by atoms with Crippen molar-refractivity contribution in [3.63, 3.8) is 0 Å². The molecule has 1 amide bonds. The smallest absolute Gasteiger partial charge is 0.224 e. The highest BCUT2D eigenvalue weighted by molar-refractivity contribution is 9.10. The van der Waals surface area contributed by atoms with E-state index in [1.807, 2.05) is 24.3 Å². The summed E-state index contributed by atoms with van der Waals surface area (Å²) in [6.07, 6.45) is 2.51. The quantitative estimate of drug-likeness (QED) is 0.913. The van der Waals surface area contributed by atoms with Crippen LogP contribution in [0.2, 0.25) is 0 Å². The van der Waals surface area contributed by atoms with Gasteiger partial charge in [-0.25, -0.2) is 0 Å². The Balaban J connectivity index is 1.87. The maximum Gasteiger partial charge on any atom is 0.224 e. The second-order valence-electron chi connectivity index (χ2n) is 5.71. The summed E-state index contributed by atoms with van der Waals surface area (Å²) in [4.78, 5) is 12.1. The zero-order valence-electron chi connectivity index (χ0n) is 12.1. The molecule has 2 rings (SSSR count). The summed E-state index contributed by atoms with van der Waals surface area (Å²) in [5, 5.41) is 3.14. The van der Waals surface area contributed by atoms with E-state index in [0.717, 1.165) is 29.5 Å². The van der Waals surface area contributed by atoms with Crippen LogP contribution in [0.4, 0.5) is 0 Å². The third-order valence-corrected chi connectivity index (χ3v) is 4.51. The number of benzene rings is 1. The molecule has 1 saturated heterocycles. The third-order valence-electron chi connectivity index (χ3n) is 3.73. The summed E-state index contributed by atoms with van der Waals surface area (Å²) < 4.78 is 6.72. The first-order chi connectivity index (χ1) is 9.56. The summed E-state index contributed by atoms with van der Waals surface area (Å²) in [6.45, 7) is 5.06. The van der Waals surface area contributed by atoms with Crippen LogP contribution in [0.1, 0.15) is 32.3 Å². The van der Waals surface area contributed by atoms with Crippen molar-refractivity contribution in [2.24, 2.45) is 5.92 Å². The first-order valence-electron chi connectivity index (χ1n) is 7.20. The van der Waals surface area contributed by atoms with Crippen molar-refractivity contribution in [3.8, 4) is 0 Å². The van der Waals surface area contributed by atoms with Crippen LogP contribution in [0.15, 0.2) is 28.7 Å². The van der Waals surface area contributed by atoms with Gasteiger partial charge >= 0.3 is 0 Å². The molecule has 20 heavy (non-hydrogen) atoms. The molecule has 0 saturated carbocycles. The van der Waals surface area contributed by atoms with Crippen molar-refractivity contribution in [1.29, 1.82) is 0 Å². The third kappa shape index (κ3) is 4.32. The SMILES string of the molecule is CC(C)[C@@H]1C[C@H](NC(=O)Cc2ccccc2Br)CCO1. The van der Waals surface area contributed by atoms with Gasteiger partial charge in [-0.05, 0) is 30.4 Å². The van der Waals surface area contributed by atoms with Crippen LogP contribution in [-0.4, -0.2) is 24.7 Å². The Labute approximate surface area is 129 Å². The monoisotopic (exact) mass is 339 g/mol. The van der Waals surface area contributed by atoms with Crippen molar-refractivity contribution in [2.45, 2.75) is 45.3 Å². The van der Waals surface area contributed by atoms with Gasteiger partial charge in [0.25, 0.3) is 0 Å². The van der Waals surface area contributed by atoms with Crippen LogP contribution in [-0.2, 0) is 16.0 Å². The largest absolute Gasteiger partial charge is 0.378 e. The number of halogens is 1.